The monoisotopic (exact) mass is 552 g/mol. The average Bonchev–Trinajstić information content (AvgIpc) is 3.33. The van der Waals surface area contributed by atoms with E-state index >= 15 is 0 Å². The lowest BCUT2D eigenvalue weighted by atomic mass is 10.1. The number of carbonyl (C=O) groups excluding carboxylic acids is 2. The first-order valence-electron chi connectivity index (χ1n) is 13.0. The molecule has 1 saturated heterocycles. The smallest absolute Gasteiger partial charge is 0.263 e. The Balaban J connectivity index is 1.35. The number of amides is 2. The van der Waals surface area contributed by atoms with Gasteiger partial charge in [0.05, 0.1) is 28.3 Å². The third kappa shape index (κ3) is 4.66. The highest BCUT2D eigenvalue weighted by Crippen LogP contribution is 2.34. The zero-order valence-electron chi connectivity index (χ0n) is 22.0. The number of H-pyrrole nitrogens is 1. The van der Waals surface area contributed by atoms with Gasteiger partial charge in [-0.05, 0) is 49.6 Å². The normalized spacial score (nSPS) is 15.3. The lowest BCUT2D eigenvalue weighted by Crippen LogP contribution is -2.49. The maximum Gasteiger partial charge on any atom is 0.263 e. The van der Waals surface area contributed by atoms with E-state index in [1.807, 2.05) is 54.0 Å². The van der Waals surface area contributed by atoms with Crippen molar-refractivity contribution in [1.82, 2.24) is 29.7 Å². The summed E-state index contributed by atoms with van der Waals surface area (Å²) >= 11 is 1.33. The van der Waals surface area contributed by atoms with Crippen molar-refractivity contribution in [2.45, 2.75) is 25.8 Å². The number of nitrogens with zero attached hydrogens (tertiary/aromatic N) is 4. The Kier molecular flexibility index (Phi) is 6.69. The molecular formula is C30H28N6O3S. The Morgan fingerprint density at radius 1 is 1.23 bits per heavy atom. The number of aromatic nitrogens is 4. The van der Waals surface area contributed by atoms with Crippen LogP contribution < -0.4 is 15.5 Å². The molecule has 2 amide bonds. The maximum atomic E-state index is 13.5. The van der Waals surface area contributed by atoms with Crippen LogP contribution in [0.3, 0.4) is 0 Å². The molecule has 6 rings (SSSR count). The van der Waals surface area contributed by atoms with Crippen LogP contribution in [0.25, 0.3) is 33.5 Å². The maximum absolute atomic E-state index is 13.5. The number of rotatable bonds is 6. The summed E-state index contributed by atoms with van der Waals surface area (Å²) in [7, 11) is 0. The Hall–Kier alpha value is -4.70. The van der Waals surface area contributed by atoms with Crippen molar-refractivity contribution < 1.29 is 14.3 Å². The van der Waals surface area contributed by atoms with E-state index in [4.69, 9.17) is 4.74 Å². The summed E-state index contributed by atoms with van der Waals surface area (Å²) < 4.78 is 7.90. The van der Waals surface area contributed by atoms with Crippen LogP contribution in [0.15, 0.2) is 67.5 Å². The second kappa shape index (κ2) is 10.5. The predicted molar refractivity (Wildman–Crippen MR) is 157 cm³/mol. The summed E-state index contributed by atoms with van der Waals surface area (Å²) in [5.74, 6) is 0.890. The average molecular weight is 553 g/mol. The van der Waals surface area contributed by atoms with E-state index < -0.39 is 0 Å². The lowest BCUT2D eigenvalue weighted by Gasteiger charge is -2.32. The number of carbonyl (C=O) groups is 2. The number of likely N-dealkylation sites (tertiary alicyclic amines) is 1. The zero-order chi connectivity index (χ0) is 27.8. The number of thiophene rings is 1. The van der Waals surface area contributed by atoms with Crippen LogP contribution in [0.1, 0.15) is 28.1 Å². The number of piperidine rings is 1. The summed E-state index contributed by atoms with van der Waals surface area (Å²) in [6, 6.07) is 13.2. The highest BCUT2D eigenvalue weighted by atomic mass is 32.1. The minimum atomic E-state index is -0.198. The van der Waals surface area contributed by atoms with E-state index in [2.05, 4.69) is 33.4 Å². The minimum Gasteiger partial charge on any atom is -0.439 e. The molecule has 0 aliphatic carbocycles. The van der Waals surface area contributed by atoms with E-state index in [0.29, 0.717) is 40.6 Å². The van der Waals surface area contributed by atoms with Crippen LogP contribution in [-0.2, 0) is 4.79 Å². The van der Waals surface area contributed by atoms with Gasteiger partial charge in [-0.25, -0.2) is 9.97 Å². The summed E-state index contributed by atoms with van der Waals surface area (Å²) in [6.07, 6.45) is 6.44. The van der Waals surface area contributed by atoms with Gasteiger partial charge in [0.15, 0.2) is 0 Å². The molecule has 0 saturated carbocycles. The molecule has 1 aliphatic rings. The van der Waals surface area contributed by atoms with Gasteiger partial charge >= 0.3 is 0 Å². The molecule has 202 valence electrons. The summed E-state index contributed by atoms with van der Waals surface area (Å²) in [5, 5.41) is 3.97. The number of hydrogen-bond acceptors (Lipinski definition) is 6. The van der Waals surface area contributed by atoms with Crippen LogP contribution in [0.4, 0.5) is 0 Å². The van der Waals surface area contributed by atoms with E-state index in [0.717, 1.165) is 39.8 Å². The molecule has 1 aliphatic heterocycles. The van der Waals surface area contributed by atoms with Gasteiger partial charge in [-0.15, -0.1) is 11.3 Å². The Morgan fingerprint density at radius 3 is 2.83 bits per heavy atom. The molecule has 1 atom stereocenters. The van der Waals surface area contributed by atoms with Gasteiger partial charge in [-0.2, -0.15) is 0 Å². The van der Waals surface area contributed by atoms with Crippen LogP contribution in [0.2, 0.25) is 0 Å². The van der Waals surface area contributed by atoms with Crippen molar-refractivity contribution in [2.75, 3.05) is 13.1 Å². The van der Waals surface area contributed by atoms with Gasteiger partial charge in [0.2, 0.25) is 11.8 Å². The third-order valence-electron chi connectivity index (χ3n) is 7.06. The quantitative estimate of drug-likeness (QED) is 0.298. The molecule has 1 aromatic carbocycles. The van der Waals surface area contributed by atoms with Crippen molar-refractivity contribution in [3.63, 3.8) is 0 Å². The molecule has 40 heavy (non-hydrogen) atoms. The number of nitrogens with one attached hydrogen (secondary N) is 2. The molecule has 4 aromatic heterocycles. The molecule has 1 unspecified atom stereocenters. The first kappa shape index (κ1) is 25.6. The molecule has 5 aromatic rings. The molecule has 0 bridgehead atoms. The van der Waals surface area contributed by atoms with Crippen molar-refractivity contribution in [3.8, 4) is 17.3 Å². The van der Waals surface area contributed by atoms with Gasteiger partial charge in [0, 0.05) is 31.4 Å². The fourth-order valence-corrected chi connectivity index (χ4v) is 6.21. The number of aromatic amines is 1. The Bertz CT molecular complexity index is 1820. The zero-order valence-corrected chi connectivity index (χ0v) is 22.8. The van der Waals surface area contributed by atoms with Gasteiger partial charge < -0.3 is 19.9 Å². The van der Waals surface area contributed by atoms with Gasteiger partial charge in [-0.1, -0.05) is 31.4 Å². The third-order valence-corrected chi connectivity index (χ3v) is 8.16. The molecule has 9 nitrogen and oxygen atoms in total. The Morgan fingerprint density at radius 2 is 2.05 bits per heavy atom. The van der Waals surface area contributed by atoms with E-state index in [-0.39, 0.29) is 17.9 Å². The molecule has 2 N–H and O–H groups in total. The lowest BCUT2D eigenvalue weighted by molar-refractivity contribution is -0.127. The number of ether oxygens (including phenoxy) is 1. The molecule has 10 heteroatoms. The highest BCUT2D eigenvalue weighted by Gasteiger charge is 2.26. The summed E-state index contributed by atoms with van der Waals surface area (Å²) in [5.41, 5.74) is 3.92. The van der Waals surface area contributed by atoms with E-state index in [1.165, 1.54) is 17.4 Å². The Labute approximate surface area is 234 Å². The second-order valence-electron chi connectivity index (χ2n) is 9.75. The van der Waals surface area contributed by atoms with Crippen molar-refractivity contribution in [2.24, 2.45) is 0 Å². The first-order valence-corrected chi connectivity index (χ1v) is 13.8. The van der Waals surface area contributed by atoms with E-state index in [1.54, 1.807) is 17.3 Å². The van der Waals surface area contributed by atoms with E-state index in [9.17, 15) is 9.59 Å². The van der Waals surface area contributed by atoms with Crippen molar-refractivity contribution >= 4 is 51.0 Å². The summed E-state index contributed by atoms with van der Waals surface area (Å²) in [6.45, 7) is 11.0. The van der Waals surface area contributed by atoms with Crippen molar-refractivity contribution in [1.29, 1.82) is 0 Å². The molecule has 0 radical (unpaired) electrons. The van der Waals surface area contributed by atoms with Gasteiger partial charge in [0.25, 0.3) is 5.91 Å². The number of benzene rings is 1. The fraction of sp³-hybridized carbons (Fsp3) is 0.200. The van der Waals surface area contributed by atoms with Gasteiger partial charge in [-0.3, -0.25) is 14.2 Å². The standard InChI is InChI=1S/C30H28N6O3S/c1-4-25(37)35-14-8-9-20(17-35)34-29(38)28-27-26-22(12-13-31-30(26)40-28)36(19(3)33-27)23-16-32-24(15-18(23)2)39-21-10-6-5-7-11-21/h4-7,10-13,15-16,20,33H,1,3,8-9,14,17H2,2H3,(H,34,38). The first-order chi connectivity index (χ1) is 19.4. The van der Waals surface area contributed by atoms with Gasteiger partial charge in [0.1, 0.15) is 20.9 Å². The number of hydrogen-bond donors (Lipinski definition) is 2. The molecule has 1 fully saturated rings. The predicted octanol–water partition coefficient (Wildman–Crippen LogP) is 4.66. The van der Waals surface area contributed by atoms with Crippen LogP contribution in [0.5, 0.6) is 11.6 Å². The van der Waals surface area contributed by atoms with Crippen LogP contribution in [-0.4, -0.2) is 55.4 Å². The minimum absolute atomic E-state index is 0.118. The molecular weight excluding hydrogens is 524 g/mol. The summed E-state index contributed by atoms with van der Waals surface area (Å²) in [4.78, 5) is 41.0. The highest BCUT2D eigenvalue weighted by molar-refractivity contribution is 7.21. The second-order valence-corrected chi connectivity index (χ2v) is 10.7. The number of para-hydroxylation sites is 1. The number of aryl methyl sites for hydroxylation is 1. The van der Waals surface area contributed by atoms with Crippen LogP contribution in [0, 0.1) is 6.92 Å². The topological polar surface area (TPSA) is 105 Å². The fourth-order valence-electron chi connectivity index (χ4n) is 5.19. The SMILES string of the molecule is C=CC(=O)N1CCCC(NC(=O)c2sc3nccc4c3c2[nH]c(=C)n4-c2cnc(Oc3ccccc3)cc2C)C1. The molecule has 5 heterocycles. The van der Waals surface area contributed by atoms with Crippen molar-refractivity contribution in [3.05, 3.63) is 83.4 Å². The largest absolute Gasteiger partial charge is 0.439 e. The van der Waals surface area contributed by atoms with Crippen LogP contribution >= 0.6 is 11.3 Å². The number of pyridine rings is 2. The molecule has 0 spiro atoms.